The van der Waals surface area contributed by atoms with Crippen LogP contribution in [-0.2, 0) is 24.3 Å². The highest BCUT2D eigenvalue weighted by Crippen LogP contribution is 2.23. The highest BCUT2D eigenvalue weighted by atomic mass is 35.5. The Balaban J connectivity index is 1.99. The Morgan fingerprint density at radius 2 is 2.08 bits per heavy atom. The van der Waals surface area contributed by atoms with Crippen LogP contribution in [0.4, 0.5) is 0 Å². The Bertz CT molecular complexity index is 720. The normalized spacial score (nSPS) is 11.3. The molecule has 0 spiro atoms. The van der Waals surface area contributed by atoms with Gasteiger partial charge in [-0.05, 0) is 50.8 Å². The molecule has 4 nitrogen and oxygen atoms in total. The van der Waals surface area contributed by atoms with E-state index in [1.165, 1.54) is 22.6 Å². The van der Waals surface area contributed by atoms with Gasteiger partial charge in [0.25, 0.3) is 0 Å². The van der Waals surface area contributed by atoms with Gasteiger partial charge in [-0.1, -0.05) is 25.4 Å². The standard InChI is InChI=1S/C19H28ClN3OS/c1-6-22(12-16-7-9-18(20)25-16)19(24)10-8-17-14(4)21-23(15(17)5)11-13(2)3/h7,9,13H,6,8,10-12H2,1-5H3. The number of rotatable bonds is 8. The third-order valence-corrected chi connectivity index (χ3v) is 5.58. The smallest absolute Gasteiger partial charge is 0.223 e. The van der Waals surface area contributed by atoms with Crippen molar-refractivity contribution in [2.75, 3.05) is 6.54 Å². The van der Waals surface area contributed by atoms with Gasteiger partial charge in [-0.3, -0.25) is 9.48 Å². The third-order valence-electron chi connectivity index (χ3n) is 4.37. The van der Waals surface area contributed by atoms with E-state index in [-0.39, 0.29) is 5.91 Å². The van der Waals surface area contributed by atoms with Gasteiger partial charge >= 0.3 is 0 Å². The van der Waals surface area contributed by atoms with Crippen LogP contribution >= 0.6 is 22.9 Å². The first-order valence-electron chi connectivity index (χ1n) is 8.86. The minimum Gasteiger partial charge on any atom is -0.338 e. The van der Waals surface area contributed by atoms with Gasteiger partial charge in [0.1, 0.15) is 0 Å². The molecule has 2 rings (SSSR count). The lowest BCUT2D eigenvalue weighted by Crippen LogP contribution is -2.30. The molecule has 0 aliphatic heterocycles. The summed E-state index contributed by atoms with van der Waals surface area (Å²) in [6, 6.07) is 3.88. The minimum absolute atomic E-state index is 0.183. The molecule has 0 aliphatic carbocycles. The van der Waals surface area contributed by atoms with Crippen molar-refractivity contribution in [3.63, 3.8) is 0 Å². The number of halogens is 1. The Labute approximate surface area is 159 Å². The molecule has 0 bridgehead atoms. The van der Waals surface area contributed by atoms with Crippen molar-refractivity contribution >= 4 is 28.8 Å². The van der Waals surface area contributed by atoms with Crippen LogP contribution in [0.1, 0.15) is 49.0 Å². The van der Waals surface area contributed by atoms with Crippen molar-refractivity contribution in [3.05, 3.63) is 38.3 Å². The second-order valence-corrected chi connectivity index (χ2v) is 8.64. The molecule has 2 aromatic heterocycles. The highest BCUT2D eigenvalue weighted by molar-refractivity contribution is 7.16. The van der Waals surface area contributed by atoms with Crippen LogP contribution in [0.3, 0.4) is 0 Å². The zero-order valence-corrected chi connectivity index (χ0v) is 17.4. The topological polar surface area (TPSA) is 38.1 Å². The minimum atomic E-state index is 0.183. The van der Waals surface area contributed by atoms with Gasteiger partial charge in [0.2, 0.25) is 5.91 Å². The van der Waals surface area contributed by atoms with Crippen LogP contribution in [-0.4, -0.2) is 27.1 Å². The third kappa shape index (κ3) is 5.32. The molecule has 0 radical (unpaired) electrons. The molecular weight excluding hydrogens is 354 g/mol. The largest absolute Gasteiger partial charge is 0.338 e. The quantitative estimate of drug-likeness (QED) is 0.655. The number of amides is 1. The lowest BCUT2D eigenvalue weighted by atomic mass is 10.1. The zero-order valence-electron chi connectivity index (χ0n) is 15.8. The average molecular weight is 382 g/mol. The summed E-state index contributed by atoms with van der Waals surface area (Å²) in [6.07, 6.45) is 1.26. The van der Waals surface area contributed by atoms with Crippen LogP contribution in [0.25, 0.3) is 0 Å². The number of carbonyl (C=O) groups excluding carboxylic acids is 1. The predicted molar refractivity (Wildman–Crippen MR) is 105 cm³/mol. The lowest BCUT2D eigenvalue weighted by Gasteiger charge is -2.20. The number of nitrogens with zero attached hydrogens (tertiary/aromatic N) is 3. The van der Waals surface area contributed by atoms with Gasteiger partial charge in [0.15, 0.2) is 0 Å². The summed E-state index contributed by atoms with van der Waals surface area (Å²) in [5.41, 5.74) is 3.44. The van der Waals surface area contributed by atoms with Crippen LogP contribution < -0.4 is 0 Å². The van der Waals surface area contributed by atoms with E-state index in [1.54, 1.807) is 0 Å². The fourth-order valence-electron chi connectivity index (χ4n) is 3.01. The first-order chi connectivity index (χ1) is 11.8. The van der Waals surface area contributed by atoms with E-state index in [0.717, 1.165) is 27.9 Å². The molecular formula is C19H28ClN3OS. The van der Waals surface area contributed by atoms with E-state index >= 15 is 0 Å². The number of hydrogen-bond acceptors (Lipinski definition) is 3. The van der Waals surface area contributed by atoms with Crippen LogP contribution in [0.15, 0.2) is 12.1 Å². The van der Waals surface area contributed by atoms with Crippen LogP contribution in [0.5, 0.6) is 0 Å². The summed E-state index contributed by atoms with van der Waals surface area (Å²) < 4.78 is 2.84. The summed E-state index contributed by atoms with van der Waals surface area (Å²) in [4.78, 5) is 15.7. The van der Waals surface area contributed by atoms with Gasteiger partial charge in [-0.15, -0.1) is 11.3 Å². The second kappa shape index (κ2) is 8.86. The summed E-state index contributed by atoms with van der Waals surface area (Å²) in [6.45, 7) is 12.8. The summed E-state index contributed by atoms with van der Waals surface area (Å²) in [7, 11) is 0. The van der Waals surface area contributed by atoms with Crippen molar-refractivity contribution in [1.82, 2.24) is 14.7 Å². The van der Waals surface area contributed by atoms with Gasteiger partial charge in [0.05, 0.1) is 16.6 Å². The Morgan fingerprint density at radius 3 is 2.64 bits per heavy atom. The second-order valence-electron chi connectivity index (χ2n) is 6.84. The molecule has 2 heterocycles. The molecule has 0 saturated heterocycles. The number of thiophene rings is 1. The monoisotopic (exact) mass is 381 g/mol. The molecule has 1 amide bonds. The summed E-state index contributed by atoms with van der Waals surface area (Å²) in [5.74, 6) is 0.739. The SMILES string of the molecule is CCN(Cc1ccc(Cl)s1)C(=O)CCc1c(C)nn(CC(C)C)c1C. The van der Waals surface area contributed by atoms with Crippen molar-refractivity contribution in [2.45, 2.75) is 60.5 Å². The predicted octanol–water partition coefficient (Wildman–Crippen LogP) is 4.85. The first kappa shape index (κ1) is 20.0. The molecule has 0 fully saturated rings. The van der Waals surface area contributed by atoms with Crippen LogP contribution in [0.2, 0.25) is 4.34 Å². The highest BCUT2D eigenvalue weighted by Gasteiger charge is 2.17. The first-order valence-corrected chi connectivity index (χ1v) is 10.1. The number of carbonyl (C=O) groups is 1. The van der Waals surface area contributed by atoms with Gasteiger partial charge in [-0.25, -0.2) is 0 Å². The zero-order chi connectivity index (χ0) is 18.6. The van der Waals surface area contributed by atoms with E-state index in [0.29, 0.717) is 25.4 Å². The maximum atomic E-state index is 12.6. The molecule has 138 valence electrons. The van der Waals surface area contributed by atoms with E-state index in [2.05, 4.69) is 30.6 Å². The Hall–Kier alpha value is -1.33. The fourth-order valence-corrected chi connectivity index (χ4v) is 4.11. The fraction of sp³-hybridized carbons (Fsp3) is 0.579. The summed E-state index contributed by atoms with van der Waals surface area (Å²) >= 11 is 7.52. The molecule has 0 aromatic carbocycles. The molecule has 0 unspecified atom stereocenters. The van der Waals surface area contributed by atoms with E-state index < -0.39 is 0 Å². The summed E-state index contributed by atoms with van der Waals surface area (Å²) in [5, 5.41) is 4.64. The molecule has 25 heavy (non-hydrogen) atoms. The average Bonchev–Trinajstić information content (AvgIpc) is 3.06. The van der Waals surface area contributed by atoms with Crippen molar-refractivity contribution < 1.29 is 4.79 Å². The maximum absolute atomic E-state index is 12.6. The maximum Gasteiger partial charge on any atom is 0.223 e. The van der Waals surface area contributed by atoms with Gasteiger partial charge in [-0.2, -0.15) is 5.10 Å². The van der Waals surface area contributed by atoms with E-state index in [9.17, 15) is 4.79 Å². The number of hydrogen-bond donors (Lipinski definition) is 0. The van der Waals surface area contributed by atoms with Crippen molar-refractivity contribution in [2.24, 2.45) is 5.92 Å². The molecule has 0 N–H and O–H groups in total. The lowest BCUT2D eigenvalue weighted by molar-refractivity contribution is -0.131. The molecule has 2 aromatic rings. The van der Waals surface area contributed by atoms with Gasteiger partial charge < -0.3 is 4.90 Å². The Kier molecular flexibility index (Phi) is 7.08. The van der Waals surface area contributed by atoms with Crippen molar-refractivity contribution in [1.29, 1.82) is 0 Å². The molecule has 6 heteroatoms. The molecule has 0 atom stereocenters. The van der Waals surface area contributed by atoms with E-state index in [1.807, 2.05) is 30.9 Å². The molecule has 0 aliphatic rings. The van der Waals surface area contributed by atoms with Crippen LogP contribution in [0, 0.1) is 19.8 Å². The Morgan fingerprint density at radius 1 is 1.36 bits per heavy atom. The molecule has 0 saturated carbocycles. The van der Waals surface area contributed by atoms with E-state index in [4.69, 9.17) is 11.6 Å². The van der Waals surface area contributed by atoms with Crippen molar-refractivity contribution in [3.8, 4) is 0 Å². The number of aryl methyl sites for hydroxylation is 1. The van der Waals surface area contributed by atoms with Gasteiger partial charge in [0, 0.05) is 30.1 Å². The number of aromatic nitrogens is 2.